The van der Waals surface area contributed by atoms with Gasteiger partial charge in [0, 0.05) is 49.6 Å². The maximum atomic E-state index is 15.1. The van der Waals surface area contributed by atoms with Crippen LogP contribution in [-0.4, -0.2) is 94.0 Å². The minimum absolute atomic E-state index is 0.00431. The minimum Gasteiger partial charge on any atom is -0.461 e. The van der Waals surface area contributed by atoms with E-state index in [-0.39, 0.29) is 40.6 Å². The number of piperidine rings is 1. The third kappa shape index (κ3) is 6.94. The number of nitrogens with one attached hydrogen (secondary N) is 1. The summed E-state index contributed by atoms with van der Waals surface area (Å²) < 4.78 is 96.7. The van der Waals surface area contributed by atoms with Gasteiger partial charge in [0.2, 0.25) is 10.0 Å². The topological polar surface area (TPSA) is 134 Å². The van der Waals surface area contributed by atoms with E-state index < -0.39 is 43.2 Å². The van der Waals surface area contributed by atoms with Crippen LogP contribution in [0, 0.1) is 12.7 Å². The number of fused-ring (bicyclic) bond motifs is 3. The van der Waals surface area contributed by atoms with Gasteiger partial charge in [-0.05, 0) is 81.6 Å². The second-order valence-corrected chi connectivity index (χ2v) is 19.8. The summed E-state index contributed by atoms with van der Waals surface area (Å²) in [5.74, 6) is 0.158. The van der Waals surface area contributed by atoms with Crippen LogP contribution in [0.5, 0.6) is 11.8 Å². The Balaban J connectivity index is 1.09. The summed E-state index contributed by atoms with van der Waals surface area (Å²) >= 11 is 6.64. The standard InChI is InChI=1S/C39H43ClF2N6O6S2/c1-25-4-7-29(8-5-25)56(51,52)54-28-18-26-6-9-31(42)35(40)34(26)33(19-28)46-16-10-30-32(22-46)43-37(53-24-39-12-3-15-48(39)21-27(41)20-39)44-36(30)47-14-2-11-38(23-47)13-17-55(49,50)45-38/h4-9,18-19,27,45H,2-3,10-17,20-24H2,1H3/t27-,38?,39+/m1/s1. The fraction of sp³-hybridized carbons (Fsp3) is 0.487. The maximum Gasteiger partial charge on any atom is 0.339 e. The van der Waals surface area contributed by atoms with Crippen LogP contribution in [0.4, 0.5) is 20.3 Å². The van der Waals surface area contributed by atoms with Crippen LogP contribution in [0.2, 0.25) is 5.02 Å². The molecule has 9 rings (SSSR count). The Hall–Kier alpha value is -3.83. The smallest absolute Gasteiger partial charge is 0.339 e. The average Bonchev–Trinajstić information content (AvgIpc) is 3.79. The van der Waals surface area contributed by atoms with Crippen molar-refractivity contribution in [3.63, 3.8) is 0 Å². The van der Waals surface area contributed by atoms with E-state index in [9.17, 15) is 21.2 Å². The zero-order valence-electron chi connectivity index (χ0n) is 30.9. The van der Waals surface area contributed by atoms with Crippen molar-refractivity contribution in [2.24, 2.45) is 0 Å². The van der Waals surface area contributed by atoms with E-state index in [1.54, 1.807) is 18.2 Å². The largest absolute Gasteiger partial charge is 0.461 e. The third-order valence-electron chi connectivity index (χ3n) is 12.2. The number of aromatic nitrogens is 2. The normalized spacial score (nSPS) is 26.2. The second-order valence-electron chi connectivity index (χ2n) is 16.0. The third-order valence-corrected chi connectivity index (χ3v) is 15.3. The molecule has 4 saturated heterocycles. The van der Waals surface area contributed by atoms with Crippen LogP contribution >= 0.6 is 11.6 Å². The number of sulfonamides is 1. The first kappa shape index (κ1) is 37.7. The molecule has 4 aromatic rings. The SMILES string of the molecule is Cc1ccc(S(=O)(=O)Oc2cc(N3CCc4c(nc(OC[C@@]56CCCN5C[C@H](F)C6)nc4N4CCCC5(CCS(=O)(=O)N5)C4)C3)c3c(Cl)c(F)ccc3c2)cc1. The van der Waals surface area contributed by atoms with E-state index in [1.165, 1.54) is 30.3 Å². The number of anilines is 2. The molecule has 1 aromatic heterocycles. The van der Waals surface area contributed by atoms with Gasteiger partial charge in [-0.1, -0.05) is 35.4 Å². The summed E-state index contributed by atoms with van der Waals surface area (Å²) in [6.45, 7) is 5.01. The van der Waals surface area contributed by atoms with E-state index in [2.05, 4.69) is 14.5 Å². The van der Waals surface area contributed by atoms with Crippen molar-refractivity contribution in [1.82, 2.24) is 19.6 Å². The molecule has 3 aromatic carbocycles. The summed E-state index contributed by atoms with van der Waals surface area (Å²) in [5, 5.41) is 0.779. The summed E-state index contributed by atoms with van der Waals surface area (Å²) in [4.78, 5) is 16.2. The number of aryl methyl sites for hydroxylation is 1. The van der Waals surface area contributed by atoms with Crippen molar-refractivity contribution in [3.8, 4) is 11.8 Å². The zero-order valence-corrected chi connectivity index (χ0v) is 33.3. The van der Waals surface area contributed by atoms with Crippen molar-refractivity contribution in [2.45, 2.75) is 80.6 Å². The molecule has 5 aliphatic heterocycles. The number of hydrogen-bond acceptors (Lipinski definition) is 11. The molecule has 0 saturated carbocycles. The fourth-order valence-corrected chi connectivity index (χ4v) is 12.3. The first-order valence-electron chi connectivity index (χ1n) is 19.1. The Morgan fingerprint density at radius 1 is 1.02 bits per heavy atom. The van der Waals surface area contributed by atoms with Crippen LogP contribution in [0.15, 0.2) is 53.4 Å². The molecule has 5 aliphatic rings. The number of alkyl halides is 1. The fourth-order valence-electron chi connectivity index (χ4n) is 9.45. The molecular formula is C39H43ClF2N6O6S2. The Morgan fingerprint density at radius 3 is 2.61 bits per heavy atom. The molecule has 1 unspecified atom stereocenters. The summed E-state index contributed by atoms with van der Waals surface area (Å²) in [6, 6.07) is 12.3. The molecule has 0 radical (unpaired) electrons. The number of halogens is 3. The van der Waals surface area contributed by atoms with E-state index in [0.29, 0.717) is 73.4 Å². The van der Waals surface area contributed by atoms with Crippen LogP contribution < -0.4 is 23.4 Å². The van der Waals surface area contributed by atoms with E-state index >= 15 is 4.39 Å². The molecule has 1 N–H and O–H groups in total. The number of benzene rings is 3. The maximum absolute atomic E-state index is 15.1. The van der Waals surface area contributed by atoms with Crippen LogP contribution in [-0.2, 0) is 33.1 Å². The zero-order chi connectivity index (χ0) is 39.0. The van der Waals surface area contributed by atoms with Gasteiger partial charge in [-0.15, -0.1) is 0 Å². The molecule has 6 heterocycles. The molecule has 12 nitrogen and oxygen atoms in total. The highest BCUT2D eigenvalue weighted by atomic mass is 35.5. The van der Waals surface area contributed by atoms with Gasteiger partial charge in [-0.3, -0.25) is 4.90 Å². The van der Waals surface area contributed by atoms with Crippen molar-refractivity contribution >= 4 is 54.0 Å². The Morgan fingerprint density at radius 2 is 1.82 bits per heavy atom. The molecule has 3 atom stereocenters. The number of hydrogen-bond donors (Lipinski definition) is 1. The summed E-state index contributed by atoms with van der Waals surface area (Å²) in [7, 11) is -7.59. The summed E-state index contributed by atoms with van der Waals surface area (Å²) in [5.41, 5.74) is 1.87. The van der Waals surface area contributed by atoms with Gasteiger partial charge >= 0.3 is 16.1 Å². The van der Waals surface area contributed by atoms with Gasteiger partial charge in [-0.2, -0.15) is 18.4 Å². The van der Waals surface area contributed by atoms with Gasteiger partial charge in [0.05, 0.1) is 39.8 Å². The molecular weight excluding hydrogens is 786 g/mol. The lowest BCUT2D eigenvalue weighted by atomic mass is 9.87. The lowest BCUT2D eigenvalue weighted by molar-refractivity contribution is 0.107. The number of rotatable bonds is 8. The van der Waals surface area contributed by atoms with Gasteiger partial charge in [0.1, 0.15) is 35.1 Å². The average molecular weight is 829 g/mol. The predicted molar refractivity (Wildman–Crippen MR) is 209 cm³/mol. The molecule has 0 aliphatic carbocycles. The van der Waals surface area contributed by atoms with E-state index in [1.807, 2.05) is 11.8 Å². The number of ether oxygens (including phenoxy) is 1. The lowest BCUT2D eigenvalue weighted by Crippen LogP contribution is -2.55. The highest BCUT2D eigenvalue weighted by Gasteiger charge is 2.50. The van der Waals surface area contributed by atoms with Gasteiger partial charge < -0.3 is 18.7 Å². The van der Waals surface area contributed by atoms with Crippen LogP contribution in [0.1, 0.15) is 55.3 Å². The molecule has 0 amide bonds. The van der Waals surface area contributed by atoms with Crippen molar-refractivity contribution in [3.05, 3.63) is 76.2 Å². The second kappa shape index (κ2) is 13.9. The van der Waals surface area contributed by atoms with Crippen LogP contribution in [0.3, 0.4) is 0 Å². The predicted octanol–water partition coefficient (Wildman–Crippen LogP) is 5.68. The van der Waals surface area contributed by atoms with Gasteiger partial charge in [0.25, 0.3) is 0 Å². The first-order chi connectivity index (χ1) is 26.7. The van der Waals surface area contributed by atoms with Crippen LogP contribution in [0.25, 0.3) is 10.8 Å². The van der Waals surface area contributed by atoms with Crippen molar-refractivity contribution in [2.75, 3.05) is 54.9 Å². The first-order valence-corrected chi connectivity index (χ1v) is 22.5. The monoisotopic (exact) mass is 828 g/mol. The van der Waals surface area contributed by atoms with Crippen molar-refractivity contribution in [1.29, 1.82) is 0 Å². The molecule has 4 fully saturated rings. The molecule has 298 valence electrons. The van der Waals surface area contributed by atoms with E-state index in [4.69, 9.17) is 30.5 Å². The Labute approximate surface area is 330 Å². The molecule has 0 bridgehead atoms. The highest BCUT2D eigenvalue weighted by molar-refractivity contribution is 7.89. The van der Waals surface area contributed by atoms with E-state index in [0.717, 1.165) is 43.4 Å². The van der Waals surface area contributed by atoms with Gasteiger partial charge in [-0.25, -0.2) is 21.9 Å². The lowest BCUT2D eigenvalue weighted by Gasteiger charge is -2.42. The molecule has 17 heteroatoms. The number of nitrogens with zero attached hydrogens (tertiary/aromatic N) is 5. The van der Waals surface area contributed by atoms with Gasteiger partial charge in [0.15, 0.2) is 0 Å². The Kier molecular flexibility index (Phi) is 9.38. The Bertz CT molecular complexity index is 2440. The molecule has 1 spiro atoms. The minimum atomic E-state index is -4.22. The summed E-state index contributed by atoms with van der Waals surface area (Å²) in [6.07, 6.45) is 3.67. The highest BCUT2D eigenvalue weighted by Crippen LogP contribution is 2.43. The van der Waals surface area contributed by atoms with Crippen molar-refractivity contribution < 1.29 is 34.5 Å². The molecule has 56 heavy (non-hydrogen) atoms. The quantitative estimate of drug-likeness (QED) is 0.220.